The number of anilines is 1. The second kappa shape index (κ2) is 5.22. The Labute approximate surface area is 112 Å². The van der Waals surface area contributed by atoms with Gasteiger partial charge in [0.05, 0.1) is 5.69 Å². The van der Waals surface area contributed by atoms with Crippen LogP contribution in [0.25, 0.3) is 0 Å². The number of Topliss-reactive ketones (excluding diaryl/α,β-unsaturated/α-hetero) is 1. The van der Waals surface area contributed by atoms with Gasteiger partial charge in [0.2, 0.25) is 5.84 Å². The standard InChI is InChI=1S/C14H17N3O2/c1-4-16(5-2)13-12(18)14(19)17(15-13)11-8-6-10(3)7-9-11/h6-9H,4-5H2,1-3H3. The number of rotatable bonds is 3. The number of hydrogen-bond donors (Lipinski definition) is 0. The highest BCUT2D eigenvalue weighted by Gasteiger charge is 2.37. The molecule has 1 heterocycles. The molecule has 0 bridgehead atoms. The predicted octanol–water partition coefficient (Wildman–Crippen LogP) is 1.57. The zero-order valence-electron chi connectivity index (χ0n) is 11.4. The van der Waals surface area contributed by atoms with Crippen LogP contribution in [0.1, 0.15) is 19.4 Å². The molecular weight excluding hydrogens is 242 g/mol. The molecule has 1 amide bonds. The molecule has 0 aliphatic carbocycles. The highest BCUT2D eigenvalue weighted by atomic mass is 16.2. The van der Waals surface area contributed by atoms with Crippen LogP contribution in [0.4, 0.5) is 5.69 Å². The Bertz CT molecular complexity index is 530. The summed E-state index contributed by atoms with van der Waals surface area (Å²) >= 11 is 0. The van der Waals surface area contributed by atoms with Crippen molar-refractivity contribution in [2.45, 2.75) is 20.8 Å². The molecule has 0 N–H and O–H groups in total. The Kier molecular flexibility index (Phi) is 3.64. The quantitative estimate of drug-likeness (QED) is 0.774. The van der Waals surface area contributed by atoms with Crippen LogP contribution < -0.4 is 5.01 Å². The summed E-state index contributed by atoms with van der Waals surface area (Å²) in [4.78, 5) is 25.7. The second-order valence-electron chi connectivity index (χ2n) is 4.38. The van der Waals surface area contributed by atoms with Crippen molar-refractivity contribution < 1.29 is 9.59 Å². The van der Waals surface area contributed by atoms with Crippen molar-refractivity contribution in [1.82, 2.24) is 4.90 Å². The zero-order chi connectivity index (χ0) is 14.0. The van der Waals surface area contributed by atoms with Gasteiger partial charge in [0.1, 0.15) is 0 Å². The van der Waals surface area contributed by atoms with Gasteiger partial charge >= 0.3 is 5.91 Å². The third kappa shape index (κ3) is 2.36. The van der Waals surface area contributed by atoms with E-state index in [1.807, 2.05) is 32.9 Å². The molecule has 5 nitrogen and oxygen atoms in total. The smallest absolute Gasteiger partial charge is 0.323 e. The number of amidine groups is 1. The molecule has 0 aromatic heterocycles. The van der Waals surface area contributed by atoms with Crippen LogP contribution in [0.3, 0.4) is 0 Å². The lowest BCUT2D eigenvalue weighted by atomic mass is 10.2. The fourth-order valence-corrected chi connectivity index (χ4v) is 1.97. The minimum atomic E-state index is -0.592. The number of carbonyl (C=O) groups is 2. The van der Waals surface area contributed by atoms with Gasteiger partial charge in [-0.1, -0.05) is 17.7 Å². The number of likely N-dealkylation sites (N-methyl/N-ethyl adjacent to an activating group) is 1. The highest BCUT2D eigenvalue weighted by molar-refractivity contribution is 6.69. The number of nitrogens with zero attached hydrogens (tertiary/aromatic N) is 3. The van der Waals surface area contributed by atoms with Crippen molar-refractivity contribution in [3.05, 3.63) is 29.8 Å². The average molecular weight is 259 g/mol. The van der Waals surface area contributed by atoms with E-state index in [2.05, 4.69) is 5.10 Å². The molecule has 2 rings (SSSR count). The molecule has 5 heteroatoms. The summed E-state index contributed by atoms with van der Waals surface area (Å²) < 4.78 is 0. The van der Waals surface area contributed by atoms with Crippen LogP contribution >= 0.6 is 0 Å². The maximum Gasteiger partial charge on any atom is 0.323 e. The topological polar surface area (TPSA) is 53.0 Å². The monoisotopic (exact) mass is 259 g/mol. The van der Waals surface area contributed by atoms with Gasteiger partial charge < -0.3 is 4.90 Å². The number of amides is 1. The van der Waals surface area contributed by atoms with Gasteiger partial charge in [-0.25, -0.2) is 0 Å². The van der Waals surface area contributed by atoms with E-state index in [0.29, 0.717) is 18.8 Å². The maximum atomic E-state index is 12.0. The third-order valence-electron chi connectivity index (χ3n) is 3.13. The van der Waals surface area contributed by atoms with E-state index < -0.39 is 11.7 Å². The Morgan fingerprint density at radius 3 is 2.21 bits per heavy atom. The highest BCUT2D eigenvalue weighted by Crippen LogP contribution is 2.20. The first-order chi connectivity index (χ1) is 9.08. The lowest BCUT2D eigenvalue weighted by Crippen LogP contribution is -2.37. The first-order valence-electron chi connectivity index (χ1n) is 6.37. The van der Waals surface area contributed by atoms with Crippen molar-refractivity contribution in [3.8, 4) is 0 Å². The Morgan fingerprint density at radius 1 is 1.11 bits per heavy atom. The summed E-state index contributed by atoms with van der Waals surface area (Å²) in [6.07, 6.45) is 0. The van der Waals surface area contributed by atoms with Crippen molar-refractivity contribution in [2.24, 2.45) is 5.10 Å². The number of benzene rings is 1. The Hall–Kier alpha value is -2.17. The van der Waals surface area contributed by atoms with Crippen LogP contribution in [-0.2, 0) is 9.59 Å². The van der Waals surface area contributed by atoms with Gasteiger partial charge in [-0.15, -0.1) is 5.10 Å². The second-order valence-corrected chi connectivity index (χ2v) is 4.38. The van der Waals surface area contributed by atoms with Crippen LogP contribution in [0.2, 0.25) is 0 Å². The number of carbonyl (C=O) groups excluding carboxylic acids is 2. The molecule has 0 fully saturated rings. The molecule has 100 valence electrons. The minimum absolute atomic E-state index is 0.232. The molecule has 1 aromatic rings. The van der Waals surface area contributed by atoms with Crippen molar-refractivity contribution in [2.75, 3.05) is 18.1 Å². The number of hydrazone groups is 1. The van der Waals surface area contributed by atoms with E-state index in [1.54, 1.807) is 17.0 Å². The normalized spacial score (nSPS) is 14.9. The van der Waals surface area contributed by atoms with Crippen molar-refractivity contribution in [1.29, 1.82) is 0 Å². The lowest BCUT2D eigenvalue weighted by molar-refractivity contribution is -0.131. The number of aryl methyl sites for hydroxylation is 1. The fraction of sp³-hybridized carbons (Fsp3) is 0.357. The van der Waals surface area contributed by atoms with E-state index in [-0.39, 0.29) is 5.84 Å². The number of hydrogen-bond acceptors (Lipinski definition) is 4. The van der Waals surface area contributed by atoms with E-state index in [0.717, 1.165) is 5.56 Å². The van der Waals surface area contributed by atoms with Crippen LogP contribution in [0, 0.1) is 6.92 Å². The molecule has 0 atom stereocenters. The third-order valence-corrected chi connectivity index (χ3v) is 3.13. The summed E-state index contributed by atoms with van der Waals surface area (Å²) in [6, 6.07) is 7.35. The first kappa shape index (κ1) is 13.3. The Morgan fingerprint density at radius 2 is 1.68 bits per heavy atom. The lowest BCUT2D eigenvalue weighted by Gasteiger charge is -2.17. The van der Waals surface area contributed by atoms with E-state index in [9.17, 15) is 9.59 Å². The predicted molar refractivity (Wildman–Crippen MR) is 74.0 cm³/mol. The van der Waals surface area contributed by atoms with Crippen LogP contribution in [0.5, 0.6) is 0 Å². The molecule has 19 heavy (non-hydrogen) atoms. The summed E-state index contributed by atoms with van der Waals surface area (Å²) in [5.41, 5.74) is 1.71. The van der Waals surface area contributed by atoms with Gasteiger partial charge in [0.15, 0.2) is 0 Å². The molecule has 0 unspecified atom stereocenters. The molecular formula is C14H17N3O2. The molecule has 1 aromatic carbocycles. The van der Waals surface area contributed by atoms with Crippen LogP contribution in [0.15, 0.2) is 29.4 Å². The molecule has 0 radical (unpaired) electrons. The molecule has 1 aliphatic heterocycles. The van der Waals surface area contributed by atoms with Crippen LogP contribution in [-0.4, -0.2) is 35.5 Å². The molecule has 0 saturated carbocycles. The summed E-state index contributed by atoms with van der Waals surface area (Å²) in [5.74, 6) is -0.898. The van der Waals surface area contributed by atoms with E-state index >= 15 is 0 Å². The maximum absolute atomic E-state index is 12.0. The zero-order valence-corrected chi connectivity index (χ0v) is 11.4. The van der Waals surface area contributed by atoms with E-state index in [1.165, 1.54) is 5.01 Å². The SMILES string of the molecule is CCN(CC)C1=NN(c2ccc(C)cc2)C(=O)C1=O. The minimum Gasteiger partial charge on any atom is -0.352 e. The van der Waals surface area contributed by atoms with Gasteiger partial charge in [-0.05, 0) is 32.9 Å². The average Bonchev–Trinajstić information content (AvgIpc) is 2.70. The van der Waals surface area contributed by atoms with Gasteiger partial charge in [0.25, 0.3) is 5.78 Å². The molecule has 0 saturated heterocycles. The van der Waals surface area contributed by atoms with Crippen molar-refractivity contribution in [3.63, 3.8) is 0 Å². The van der Waals surface area contributed by atoms with Gasteiger partial charge in [0, 0.05) is 13.1 Å². The van der Waals surface area contributed by atoms with Gasteiger partial charge in [-0.2, -0.15) is 5.01 Å². The van der Waals surface area contributed by atoms with Gasteiger partial charge in [-0.3, -0.25) is 9.59 Å². The summed E-state index contributed by atoms with van der Waals surface area (Å²) in [5, 5.41) is 5.34. The number of ketones is 1. The fourth-order valence-electron chi connectivity index (χ4n) is 1.97. The van der Waals surface area contributed by atoms with Crippen molar-refractivity contribution >= 4 is 23.2 Å². The first-order valence-corrected chi connectivity index (χ1v) is 6.37. The Balaban J connectivity index is 2.34. The largest absolute Gasteiger partial charge is 0.352 e. The molecule has 1 aliphatic rings. The van der Waals surface area contributed by atoms with E-state index in [4.69, 9.17) is 0 Å². The summed E-state index contributed by atoms with van der Waals surface area (Å²) in [6.45, 7) is 7.12. The molecule has 0 spiro atoms. The summed E-state index contributed by atoms with van der Waals surface area (Å²) in [7, 11) is 0.